The van der Waals surface area contributed by atoms with Gasteiger partial charge in [-0.25, -0.2) is 0 Å². The highest BCUT2D eigenvalue weighted by Crippen LogP contribution is 2.26. The van der Waals surface area contributed by atoms with Gasteiger partial charge in [0.15, 0.2) is 0 Å². The Labute approximate surface area is 111 Å². The molecule has 1 atom stereocenters. The first-order valence-electron chi connectivity index (χ1n) is 5.64. The molecular formula is C13H16N4S. The van der Waals surface area contributed by atoms with Crippen molar-refractivity contribution in [2.24, 2.45) is 5.84 Å². The summed E-state index contributed by atoms with van der Waals surface area (Å²) in [6.07, 6.45) is 3.43. The van der Waals surface area contributed by atoms with E-state index in [0.29, 0.717) is 5.69 Å². The fourth-order valence-electron chi connectivity index (χ4n) is 1.63. The van der Waals surface area contributed by atoms with Crippen LogP contribution >= 0.6 is 11.8 Å². The number of hydrazine groups is 1. The molecule has 4 nitrogen and oxygen atoms in total. The molecule has 0 aliphatic heterocycles. The Bertz CT molecular complexity index is 489. The lowest BCUT2D eigenvalue weighted by Gasteiger charge is -2.17. The van der Waals surface area contributed by atoms with Crippen molar-refractivity contribution in [1.29, 1.82) is 0 Å². The van der Waals surface area contributed by atoms with Crippen molar-refractivity contribution in [1.82, 2.24) is 10.4 Å². The van der Waals surface area contributed by atoms with Crippen LogP contribution < -0.4 is 17.0 Å². The van der Waals surface area contributed by atoms with Crippen molar-refractivity contribution in [3.05, 3.63) is 54.4 Å². The summed E-state index contributed by atoms with van der Waals surface area (Å²) in [6.45, 7) is 0. The maximum Gasteiger partial charge on any atom is 0.0589 e. The second-order valence-electron chi connectivity index (χ2n) is 3.85. The van der Waals surface area contributed by atoms with Crippen molar-refractivity contribution in [3.63, 3.8) is 0 Å². The van der Waals surface area contributed by atoms with Gasteiger partial charge in [0.1, 0.15) is 0 Å². The SMILES string of the molecule is NNC(CSc1ccccc1)c1cnccc1N. The van der Waals surface area contributed by atoms with Crippen LogP contribution in [0.4, 0.5) is 5.69 Å². The number of nitrogen functional groups attached to an aromatic ring is 1. The monoisotopic (exact) mass is 260 g/mol. The standard InChI is InChI=1S/C13H16N4S/c14-12-6-7-16-8-11(12)13(17-15)9-18-10-4-2-1-3-5-10/h1-8,13,17H,9,15H2,(H2,14,16). The molecule has 1 aromatic carbocycles. The van der Waals surface area contributed by atoms with Crippen LogP contribution in [0.2, 0.25) is 0 Å². The van der Waals surface area contributed by atoms with Crippen LogP contribution in [-0.4, -0.2) is 10.7 Å². The summed E-state index contributed by atoms with van der Waals surface area (Å²) in [4.78, 5) is 5.29. The Morgan fingerprint density at radius 2 is 2.00 bits per heavy atom. The number of hydrogen-bond donors (Lipinski definition) is 3. The van der Waals surface area contributed by atoms with E-state index >= 15 is 0 Å². The Balaban J connectivity index is 2.04. The smallest absolute Gasteiger partial charge is 0.0589 e. The lowest BCUT2D eigenvalue weighted by molar-refractivity contribution is 0.610. The highest BCUT2D eigenvalue weighted by atomic mass is 32.2. The van der Waals surface area contributed by atoms with E-state index in [1.54, 1.807) is 30.2 Å². The molecule has 5 heteroatoms. The van der Waals surface area contributed by atoms with Crippen LogP contribution in [0.5, 0.6) is 0 Å². The van der Waals surface area contributed by atoms with E-state index in [0.717, 1.165) is 11.3 Å². The number of nitrogens with one attached hydrogen (secondary N) is 1. The molecule has 0 aliphatic carbocycles. The van der Waals surface area contributed by atoms with Gasteiger partial charge in [-0.3, -0.25) is 16.3 Å². The Hall–Kier alpha value is -1.56. The van der Waals surface area contributed by atoms with Crippen molar-refractivity contribution in [2.45, 2.75) is 10.9 Å². The normalized spacial score (nSPS) is 12.3. The third-order valence-electron chi connectivity index (χ3n) is 2.62. The molecule has 0 aliphatic rings. The van der Waals surface area contributed by atoms with Gasteiger partial charge in [-0.2, -0.15) is 0 Å². The third kappa shape index (κ3) is 3.22. The van der Waals surface area contributed by atoms with Gasteiger partial charge < -0.3 is 5.73 Å². The van der Waals surface area contributed by atoms with Gasteiger partial charge in [0, 0.05) is 34.3 Å². The zero-order chi connectivity index (χ0) is 12.8. The Morgan fingerprint density at radius 3 is 2.67 bits per heavy atom. The van der Waals surface area contributed by atoms with E-state index in [1.165, 1.54) is 4.90 Å². The average molecular weight is 260 g/mol. The second-order valence-corrected chi connectivity index (χ2v) is 4.94. The van der Waals surface area contributed by atoms with Gasteiger partial charge in [0.2, 0.25) is 0 Å². The quantitative estimate of drug-likeness (QED) is 0.435. The van der Waals surface area contributed by atoms with Crippen molar-refractivity contribution >= 4 is 17.4 Å². The highest BCUT2D eigenvalue weighted by molar-refractivity contribution is 7.99. The molecular weight excluding hydrogens is 244 g/mol. The van der Waals surface area contributed by atoms with Gasteiger partial charge in [0.25, 0.3) is 0 Å². The number of benzene rings is 1. The molecule has 1 unspecified atom stereocenters. The number of nitrogens with two attached hydrogens (primary N) is 2. The summed E-state index contributed by atoms with van der Waals surface area (Å²) in [7, 11) is 0. The van der Waals surface area contributed by atoms with Gasteiger partial charge >= 0.3 is 0 Å². The minimum atomic E-state index is -0.0103. The van der Waals surface area contributed by atoms with Crippen LogP contribution in [0.25, 0.3) is 0 Å². The topological polar surface area (TPSA) is 77.0 Å². The van der Waals surface area contributed by atoms with E-state index in [2.05, 4.69) is 22.5 Å². The number of hydrogen-bond acceptors (Lipinski definition) is 5. The molecule has 0 saturated carbocycles. The van der Waals surface area contributed by atoms with E-state index in [4.69, 9.17) is 11.6 Å². The third-order valence-corrected chi connectivity index (χ3v) is 3.73. The average Bonchev–Trinajstić information content (AvgIpc) is 2.42. The molecule has 2 aromatic rings. The number of pyridine rings is 1. The molecule has 1 heterocycles. The number of nitrogens with zero attached hydrogens (tertiary/aromatic N) is 1. The Kier molecular flexibility index (Phi) is 4.58. The molecule has 0 spiro atoms. The van der Waals surface area contributed by atoms with Crippen molar-refractivity contribution < 1.29 is 0 Å². The first-order valence-corrected chi connectivity index (χ1v) is 6.63. The van der Waals surface area contributed by atoms with Gasteiger partial charge in [-0.1, -0.05) is 18.2 Å². The number of thioether (sulfide) groups is 1. The maximum atomic E-state index is 5.92. The maximum absolute atomic E-state index is 5.92. The lowest BCUT2D eigenvalue weighted by Crippen LogP contribution is -2.30. The summed E-state index contributed by atoms with van der Waals surface area (Å²) in [5.41, 5.74) is 10.4. The summed E-state index contributed by atoms with van der Waals surface area (Å²) in [5, 5.41) is 0. The zero-order valence-corrected chi connectivity index (χ0v) is 10.7. The molecule has 0 bridgehead atoms. The Morgan fingerprint density at radius 1 is 1.22 bits per heavy atom. The first-order chi connectivity index (χ1) is 8.81. The van der Waals surface area contributed by atoms with Crippen LogP contribution in [-0.2, 0) is 0 Å². The van der Waals surface area contributed by atoms with Crippen LogP contribution in [0.1, 0.15) is 11.6 Å². The van der Waals surface area contributed by atoms with Gasteiger partial charge in [-0.05, 0) is 18.2 Å². The second kappa shape index (κ2) is 6.39. The number of anilines is 1. The van der Waals surface area contributed by atoms with E-state index < -0.39 is 0 Å². The molecule has 18 heavy (non-hydrogen) atoms. The fraction of sp³-hybridized carbons (Fsp3) is 0.154. The highest BCUT2D eigenvalue weighted by Gasteiger charge is 2.13. The summed E-state index contributed by atoms with van der Waals surface area (Å²) in [6, 6.07) is 12.0. The molecule has 0 saturated heterocycles. The zero-order valence-electron chi connectivity index (χ0n) is 9.91. The molecule has 0 radical (unpaired) electrons. The molecule has 0 fully saturated rings. The minimum absolute atomic E-state index is 0.0103. The summed E-state index contributed by atoms with van der Waals surface area (Å²) >= 11 is 1.73. The van der Waals surface area contributed by atoms with Gasteiger partial charge in [0.05, 0.1) is 6.04 Å². The van der Waals surface area contributed by atoms with E-state index in [-0.39, 0.29) is 6.04 Å². The van der Waals surface area contributed by atoms with Crippen LogP contribution in [0.3, 0.4) is 0 Å². The predicted molar refractivity (Wildman–Crippen MR) is 75.9 cm³/mol. The predicted octanol–water partition coefficient (Wildman–Crippen LogP) is 1.96. The van der Waals surface area contributed by atoms with E-state index in [1.807, 2.05) is 18.2 Å². The molecule has 5 N–H and O–H groups in total. The molecule has 94 valence electrons. The molecule has 0 amide bonds. The van der Waals surface area contributed by atoms with Crippen LogP contribution in [0.15, 0.2) is 53.7 Å². The van der Waals surface area contributed by atoms with E-state index in [9.17, 15) is 0 Å². The van der Waals surface area contributed by atoms with Crippen LogP contribution in [0, 0.1) is 0 Å². The lowest BCUT2D eigenvalue weighted by atomic mass is 10.1. The van der Waals surface area contributed by atoms with Gasteiger partial charge in [-0.15, -0.1) is 11.8 Å². The molecule has 1 aromatic heterocycles. The summed E-state index contributed by atoms with van der Waals surface area (Å²) in [5.74, 6) is 6.39. The first kappa shape index (κ1) is 12.9. The summed E-state index contributed by atoms with van der Waals surface area (Å²) < 4.78 is 0. The fourth-order valence-corrected chi connectivity index (χ4v) is 2.62. The largest absolute Gasteiger partial charge is 0.398 e. The van der Waals surface area contributed by atoms with Crippen molar-refractivity contribution in [2.75, 3.05) is 11.5 Å². The number of rotatable bonds is 5. The number of aromatic nitrogens is 1. The minimum Gasteiger partial charge on any atom is -0.398 e. The molecule has 2 rings (SSSR count). The van der Waals surface area contributed by atoms with Crippen molar-refractivity contribution in [3.8, 4) is 0 Å².